The minimum absolute atomic E-state index is 0.0192. The fourth-order valence-electron chi connectivity index (χ4n) is 4.88. The molecule has 1 aromatic rings. The maximum atomic E-state index is 12.6. The van der Waals surface area contributed by atoms with Crippen LogP contribution in [0.4, 0.5) is 8.78 Å². The van der Waals surface area contributed by atoms with Crippen molar-refractivity contribution in [3.63, 3.8) is 0 Å². The Morgan fingerprint density at radius 3 is 3.04 bits per heavy atom. The second-order valence-corrected chi connectivity index (χ2v) is 8.17. The van der Waals surface area contributed by atoms with Crippen LogP contribution in [0.5, 0.6) is 0 Å². The SMILES string of the molecule is CC(C)=CCN1C[C@@H]2[C@H](CNC(=O)c3ccn(C(F)F)n3)[C@H]3CC[C@]2(C1)O3. The van der Waals surface area contributed by atoms with Crippen molar-refractivity contribution in [2.24, 2.45) is 11.8 Å². The van der Waals surface area contributed by atoms with Gasteiger partial charge in [0.05, 0.1) is 11.7 Å². The lowest BCUT2D eigenvalue weighted by molar-refractivity contribution is 0.00363. The van der Waals surface area contributed by atoms with Crippen molar-refractivity contribution < 1.29 is 18.3 Å². The number of hydrogen-bond acceptors (Lipinski definition) is 4. The van der Waals surface area contributed by atoms with Gasteiger partial charge in [0.2, 0.25) is 0 Å². The van der Waals surface area contributed by atoms with Crippen LogP contribution in [0, 0.1) is 11.8 Å². The number of nitrogens with one attached hydrogen (secondary N) is 1. The molecule has 3 saturated heterocycles. The quantitative estimate of drug-likeness (QED) is 0.771. The van der Waals surface area contributed by atoms with E-state index in [0.717, 1.165) is 38.7 Å². The highest BCUT2D eigenvalue weighted by atomic mass is 19.3. The molecule has 8 heteroatoms. The molecule has 2 bridgehead atoms. The molecule has 1 N–H and O–H groups in total. The van der Waals surface area contributed by atoms with Gasteiger partial charge in [-0.3, -0.25) is 9.69 Å². The molecule has 0 unspecified atom stereocenters. The van der Waals surface area contributed by atoms with E-state index in [4.69, 9.17) is 4.74 Å². The number of allylic oxidation sites excluding steroid dienone is 1. The predicted molar refractivity (Wildman–Crippen MR) is 95.5 cm³/mol. The molecule has 4 rings (SSSR count). The minimum Gasteiger partial charge on any atom is -0.370 e. The largest absolute Gasteiger partial charge is 0.370 e. The Morgan fingerprint density at radius 2 is 2.33 bits per heavy atom. The summed E-state index contributed by atoms with van der Waals surface area (Å²) < 4.78 is 32.1. The maximum absolute atomic E-state index is 12.6. The third-order valence-electron chi connectivity index (χ3n) is 6.15. The molecule has 1 aromatic heterocycles. The zero-order valence-corrected chi connectivity index (χ0v) is 15.7. The van der Waals surface area contributed by atoms with Gasteiger partial charge in [0.1, 0.15) is 5.69 Å². The number of carbonyl (C=O) groups excluding carboxylic acids is 1. The van der Waals surface area contributed by atoms with E-state index in [1.165, 1.54) is 11.6 Å². The zero-order valence-electron chi connectivity index (χ0n) is 15.7. The number of amides is 1. The van der Waals surface area contributed by atoms with Crippen LogP contribution in [0.3, 0.4) is 0 Å². The van der Waals surface area contributed by atoms with E-state index in [2.05, 4.69) is 35.2 Å². The summed E-state index contributed by atoms with van der Waals surface area (Å²) in [7, 11) is 0. The Bertz CT molecular complexity index is 746. The lowest BCUT2D eigenvalue weighted by Gasteiger charge is -2.29. The van der Waals surface area contributed by atoms with Crippen LogP contribution in [0.2, 0.25) is 0 Å². The number of aromatic nitrogens is 2. The molecule has 1 amide bonds. The van der Waals surface area contributed by atoms with E-state index in [1.54, 1.807) is 0 Å². The second kappa shape index (κ2) is 6.98. The summed E-state index contributed by atoms with van der Waals surface area (Å²) in [6.45, 7) is 4.81. The molecule has 4 heterocycles. The first-order chi connectivity index (χ1) is 12.9. The number of likely N-dealkylation sites (tertiary alicyclic amines) is 1. The number of halogens is 2. The highest BCUT2D eigenvalue weighted by Gasteiger charge is 2.62. The van der Waals surface area contributed by atoms with Crippen molar-refractivity contribution in [3.8, 4) is 0 Å². The van der Waals surface area contributed by atoms with E-state index < -0.39 is 12.5 Å². The molecule has 27 heavy (non-hydrogen) atoms. The average Bonchev–Trinajstić information content (AvgIpc) is 3.36. The Kier molecular flexibility index (Phi) is 4.80. The number of carbonyl (C=O) groups is 1. The van der Waals surface area contributed by atoms with Crippen LogP contribution in [0.15, 0.2) is 23.9 Å². The summed E-state index contributed by atoms with van der Waals surface area (Å²) in [5.74, 6) is 0.253. The molecule has 3 aliphatic heterocycles. The molecule has 4 atom stereocenters. The van der Waals surface area contributed by atoms with Crippen molar-refractivity contribution in [1.29, 1.82) is 0 Å². The smallest absolute Gasteiger partial charge is 0.333 e. The fraction of sp³-hybridized carbons (Fsp3) is 0.684. The van der Waals surface area contributed by atoms with Crippen LogP contribution in [-0.2, 0) is 4.74 Å². The zero-order chi connectivity index (χ0) is 19.2. The fourth-order valence-corrected chi connectivity index (χ4v) is 4.88. The molecule has 1 spiro atoms. The third-order valence-corrected chi connectivity index (χ3v) is 6.15. The molecule has 0 saturated carbocycles. The molecule has 0 aromatic carbocycles. The normalized spacial score (nSPS) is 32.1. The number of alkyl halides is 2. The van der Waals surface area contributed by atoms with E-state index in [-0.39, 0.29) is 23.3 Å². The lowest BCUT2D eigenvalue weighted by atomic mass is 9.73. The summed E-state index contributed by atoms with van der Waals surface area (Å²) in [5.41, 5.74) is 1.25. The van der Waals surface area contributed by atoms with Gasteiger partial charge in [-0.2, -0.15) is 13.9 Å². The summed E-state index contributed by atoms with van der Waals surface area (Å²) >= 11 is 0. The molecule has 6 nitrogen and oxygen atoms in total. The monoisotopic (exact) mass is 380 g/mol. The van der Waals surface area contributed by atoms with Crippen LogP contribution < -0.4 is 5.32 Å². The molecule has 0 radical (unpaired) electrons. The molecule has 148 valence electrons. The third kappa shape index (κ3) is 3.40. The van der Waals surface area contributed by atoms with E-state index >= 15 is 0 Å². The van der Waals surface area contributed by atoms with E-state index in [0.29, 0.717) is 17.1 Å². The van der Waals surface area contributed by atoms with Gasteiger partial charge in [0.15, 0.2) is 0 Å². The van der Waals surface area contributed by atoms with Crippen LogP contribution in [0.1, 0.15) is 43.7 Å². The number of hydrogen-bond donors (Lipinski definition) is 1. The van der Waals surface area contributed by atoms with Crippen LogP contribution in [-0.4, -0.2) is 58.5 Å². The standard InChI is InChI=1S/C19H26F2N4O2/c1-12(2)4-7-24-10-14-13(16-3-6-19(14,11-24)27-16)9-22-17(26)15-5-8-25(23-15)18(20)21/h4-5,8,13-14,16,18H,3,6-7,9-11H2,1-2H3,(H,22,26)/t13-,14+,16+,19+/m0/s1. The number of nitrogens with zero attached hydrogens (tertiary/aromatic N) is 3. The lowest BCUT2D eigenvalue weighted by Crippen LogP contribution is -2.42. The topological polar surface area (TPSA) is 59.4 Å². The predicted octanol–water partition coefficient (Wildman–Crippen LogP) is 2.45. The molecular formula is C19H26F2N4O2. The highest BCUT2D eigenvalue weighted by Crippen LogP contribution is 2.54. The van der Waals surface area contributed by atoms with Gasteiger partial charge in [0.25, 0.3) is 5.91 Å². The van der Waals surface area contributed by atoms with E-state index in [1.807, 2.05) is 0 Å². The first-order valence-electron chi connectivity index (χ1n) is 9.53. The summed E-state index contributed by atoms with van der Waals surface area (Å²) in [6.07, 6.45) is 5.64. The average molecular weight is 380 g/mol. The highest BCUT2D eigenvalue weighted by molar-refractivity contribution is 5.92. The summed E-state index contributed by atoms with van der Waals surface area (Å²) in [5, 5.41) is 6.51. The van der Waals surface area contributed by atoms with Crippen molar-refractivity contribution in [2.75, 3.05) is 26.2 Å². The Balaban J connectivity index is 1.38. The first kappa shape index (κ1) is 18.6. The Hall–Kier alpha value is -1.80. The first-order valence-corrected chi connectivity index (χ1v) is 9.53. The van der Waals surface area contributed by atoms with Crippen LogP contribution >= 0.6 is 0 Å². The molecule has 3 fully saturated rings. The maximum Gasteiger partial charge on any atom is 0.333 e. The van der Waals surface area contributed by atoms with Crippen molar-refractivity contribution in [2.45, 2.75) is 44.9 Å². The van der Waals surface area contributed by atoms with Crippen molar-refractivity contribution in [3.05, 3.63) is 29.6 Å². The Morgan fingerprint density at radius 1 is 1.52 bits per heavy atom. The van der Waals surface area contributed by atoms with Crippen molar-refractivity contribution in [1.82, 2.24) is 20.0 Å². The molecule has 3 aliphatic rings. The molecule has 0 aliphatic carbocycles. The Labute approximate surface area is 157 Å². The van der Waals surface area contributed by atoms with Gasteiger partial charge in [-0.1, -0.05) is 11.6 Å². The second-order valence-electron chi connectivity index (χ2n) is 8.17. The van der Waals surface area contributed by atoms with Gasteiger partial charge in [-0.15, -0.1) is 0 Å². The van der Waals surface area contributed by atoms with Gasteiger partial charge < -0.3 is 10.1 Å². The van der Waals surface area contributed by atoms with E-state index in [9.17, 15) is 13.6 Å². The number of ether oxygens (including phenoxy) is 1. The van der Waals surface area contributed by atoms with Crippen LogP contribution in [0.25, 0.3) is 0 Å². The minimum atomic E-state index is -2.74. The molecular weight excluding hydrogens is 354 g/mol. The number of rotatable bonds is 6. The van der Waals surface area contributed by atoms with Gasteiger partial charge >= 0.3 is 6.55 Å². The number of fused-ring (bicyclic) bond motifs is 1. The van der Waals surface area contributed by atoms with Gasteiger partial charge in [0, 0.05) is 44.2 Å². The van der Waals surface area contributed by atoms with Gasteiger partial charge in [-0.05, 0) is 32.8 Å². The summed E-state index contributed by atoms with van der Waals surface area (Å²) in [6, 6.07) is 1.32. The van der Waals surface area contributed by atoms with Crippen molar-refractivity contribution >= 4 is 5.91 Å². The van der Waals surface area contributed by atoms with Gasteiger partial charge in [-0.25, -0.2) is 4.68 Å². The summed E-state index contributed by atoms with van der Waals surface area (Å²) in [4.78, 5) is 14.7.